The van der Waals surface area contributed by atoms with Gasteiger partial charge >= 0.3 is 0 Å². The van der Waals surface area contributed by atoms with Crippen molar-refractivity contribution in [1.82, 2.24) is 5.32 Å². The molecule has 1 amide bonds. The second kappa shape index (κ2) is 5.90. The Hall–Kier alpha value is -1.10. The van der Waals surface area contributed by atoms with Crippen LogP contribution in [0.4, 0.5) is 5.69 Å². The topological polar surface area (TPSA) is 61.4 Å². The Morgan fingerprint density at radius 1 is 1.21 bits per heavy atom. The Kier molecular flexibility index (Phi) is 4.96. The molecule has 106 valence electrons. The van der Waals surface area contributed by atoms with Gasteiger partial charge in [0.05, 0.1) is 12.1 Å². The molecule has 0 aromatic heterocycles. The fourth-order valence-electron chi connectivity index (χ4n) is 1.26. The Bertz CT molecular complexity index is 436. The van der Waals surface area contributed by atoms with Crippen molar-refractivity contribution in [2.45, 2.75) is 38.8 Å². The largest absolute Gasteiger partial charge is 0.389 e. The molecule has 1 rings (SSSR count). The van der Waals surface area contributed by atoms with Crippen LogP contribution in [0.1, 0.15) is 27.7 Å². The first-order valence-electron chi connectivity index (χ1n) is 6.15. The minimum Gasteiger partial charge on any atom is -0.389 e. The van der Waals surface area contributed by atoms with E-state index in [1.54, 1.807) is 38.1 Å². The van der Waals surface area contributed by atoms with Gasteiger partial charge in [0, 0.05) is 16.2 Å². The zero-order valence-electron chi connectivity index (χ0n) is 11.7. The van der Waals surface area contributed by atoms with Crippen molar-refractivity contribution in [2.75, 3.05) is 11.9 Å². The van der Waals surface area contributed by atoms with E-state index in [0.717, 1.165) is 0 Å². The molecule has 1 aromatic rings. The number of benzene rings is 1. The van der Waals surface area contributed by atoms with Gasteiger partial charge in [-0.05, 0) is 52.0 Å². The van der Waals surface area contributed by atoms with E-state index in [1.807, 2.05) is 13.8 Å². The van der Waals surface area contributed by atoms with Gasteiger partial charge in [-0.25, -0.2) is 0 Å². The van der Waals surface area contributed by atoms with E-state index in [-0.39, 0.29) is 12.5 Å². The number of rotatable bonds is 5. The van der Waals surface area contributed by atoms with Crippen molar-refractivity contribution in [3.05, 3.63) is 29.3 Å². The van der Waals surface area contributed by atoms with Gasteiger partial charge in [-0.1, -0.05) is 11.6 Å². The zero-order chi connectivity index (χ0) is 14.7. The lowest BCUT2D eigenvalue weighted by atomic mass is 9.86. The van der Waals surface area contributed by atoms with Crippen molar-refractivity contribution >= 4 is 23.2 Å². The molecule has 19 heavy (non-hydrogen) atoms. The molecule has 0 fully saturated rings. The van der Waals surface area contributed by atoms with Crippen LogP contribution in [0.15, 0.2) is 24.3 Å². The number of amides is 1. The molecule has 0 aliphatic rings. The summed E-state index contributed by atoms with van der Waals surface area (Å²) in [4.78, 5) is 11.8. The molecule has 0 unspecified atom stereocenters. The number of hydrogen-bond donors (Lipinski definition) is 3. The summed E-state index contributed by atoms with van der Waals surface area (Å²) in [6.07, 6.45) is 0. The molecule has 0 spiro atoms. The van der Waals surface area contributed by atoms with Crippen molar-refractivity contribution in [3.8, 4) is 0 Å². The third-order valence-corrected chi connectivity index (χ3v) is 3.60. The van der Waals surface area contributed by atoms with Crippen LogP contribution in [0.3, 0.4) is 0 Å². The highest BCUT2D eigenvalue weighted by Crippen LogP contribution is 2.20. The molecule has 0 radical (unpaired) electrons. The first kappa shape index (κ1) is 16.0. The van der Waals surface area contributed by atoms with Gasteiger partial charge < -0.3 is 15.7 Å². The maximum atomic E-state index is 11.8. The fourth-order valence-corrected chi connectivity index (χ4v) is 1.38. The third kappa shape index (κ3) is 4.82. The van der Waals surface area contributed by atoms with E-state index in [2.05, 4.69) is 10.6 Å². The van der Waals surface area contributed by atoms with Gasteiger partial charge in [0.25, 0.3) is 0 Å². The monoisotopic (exact) mass is 284 g/mol. The molecular weight excluding hydrogens is 264 g/mol. The lowest BCUT2D eigenvalue weighted by Crippen LogP contribution is -2.57. The van der Waals surface area contributed by atoms with Crippen molar-refractivity contribution in [1.29, 1.82) is 0 Å². The minimum absolute atomic E-state index is 0.125. The molecule has 3 N–H and O–H groups in total. The molecule has 4 nitrogen and oxygen atoms in total. The van der Waals surface area contributed by atoms with Crippen molar-refractivity contribution < 1.29 is 9.90 Å². The quantitative estimate of drug-likeness (QED) is 0.778. The number of halogens is 1. The lowest BCUT2D eigenvalue weighted by Gasteiger charge is -2.38. The number of anilines is 1. The van der Waals surface area contributed by atoms with E-state index in [0.29, 0.717) is 10.7 Å². The Morgan fingerprint density at radius 3 is 2.21 bits per heavy atom. The summed E-state index contributed by atoms with van der Waals surface area (Å²) in [5, 5.41) is 16.4. The van der Waals surface area contributed by atoms with Crippen LogP contribution in [-0.2, 0) is 4.79 Å². The van der Waals surface area contributed by atoms with Crippen LogP contribution in [0.2, 0.25) is 5.02 Å². The molecule has 0 heterocycles. The standard InChI is InChI=1S/C14H21ClN2O2/c1-13(2,14(3,4)19)16-9-12(18)17-11-7-5-10(15)6-8-11/h5-8,16,19H,9H2,1-4H3,(H,17,18). The Labute approximate surface area is 119 Å². The number of carbonyl (C=O) groups excluding carboxylic acids is 1. The van der Waals surface area contributed by atoms with Gasteiger partial charge in [0.1, 0.15) is 0 Å². The van der Waals surface area contributed by atoms with E-state index in [9.17, 15) is 9.90 Å². The number of aliphatic hydroxyl groups is 1. The van der Waals surface area contributed by atoms with Crippen LogP contribution >= 0.6 is 11.6 Å². The highest BCUT2D eigenvalue weighted by atomic mass is 35.5. The molecule has 0 bridgehead atoms. The second-order valence-electron chi connectivity index (χ2n) is 5.59. The van der Waals surface area contributed by atoms with Gasteiger partial charge in [-0.15, -0.1) is 0 Å². The highest BCUT2D eigenvalue weighted by Gasteiger charge is 2.34. The first-order chi connectivity index (χ1) is 8.62. The number of nitrogens with one attached hydrogen (secondary N) is 2. The first-order valence-corrected chi connectivity index (χ1v) is 6.52. The SMILES string of the molecule is CC(C)(O)C(C)(C)NCC(=O)Nc1ccc(Cl)cc1. The van der Waals surface area contributed by atoms with E-state index >= 15 is 0 Å². The maximum Gasteiger partial charge on any atom is 0.238 e. The van der Waals surface area contributed by atoms with E-state index in [1.165, 1.54) is 0 Å². The van der Waals surface area contributed by atoms with Crippen LogP contribution in [-0.4, -0.2) is 28.7 Å². The van der Waals surface area contributed by atoms with Crippen LogP contribution in [0, 0.1) is 0 Å². The molecule has 0 aliphatic carbocycles. The molecule has 0 aliphatic heterocycles. The van der Waals surface area contributed by atoms with E-state index in [4.69, 9.17) is 11.6 Å². The summed E-state index contributed by atoms with van der Waals surface area (Å²) in [5.74, 6) is -0.167. The van der Waals surface area contributed by atoms with Crippen molar-refractivity contribution in [2.24, 2.45) is 0 Å². The summed E-state index contributed by atoms with van der Waals surface area (Å²) < 4.78 is 0. The van der Waals surface area contributed by atoms with Gasteiger partial charge in [0.2, 0.25) is 5.91 Å². The average molecular weight is 285 g/mol. The molecule has 1 aromatic carbocycles. The van der Waals surface area contributed by atoms with Crippen LogP contribution in [0.5, 0.6) is 0 Å². The van der Waals surface area contributed by atoms with Crippen molar-refractivity contribution in [3.63, 3.8) is 0 Å². The molecular formula is C14H21ClN2O2. The molecule has 0 saturated heterocycles. The number of carbonyl (C=O) groups is 1. The molecule has 0 saturated carbocycles. The lowest BCUT2D eigenvalue weighted by molar-refractivity contribution is -0.116. The van der Waals surface area contributed by atoms with Crippen LogP contribution < -0.4 is 10.6 Å². The van der Waals surface area contributed by atoms with Gasteiger partial charge in [-0.2, -0.15) is 0 Å². The summed E-state index contributed by atoms with van der Waals surface area (Å²) in [5.41, 5.74) is -0.796. The summed E-state index contributed by atoms with van der Waals surface area (Å²) in [6.45, 7) is 7.24. The highest BCUT2D eigenvalue weighted by molar-refractivity contribution is 6.30. The predicted molar refractivity (Wildman–Crippen MR) is 78.5 cm³/mol. The van der Waals surface area contributed by atoms with E-state index < -0.39 is 11.1 Å². The smallest absolute Gasteiger partial charge is 0.238 e. The normalized spacial score (nSPS) is 12.3. The second-order valence-corrected chi connectivity index (χ2v) is 6.03. The molecule has 0 atom stereocenters. The van der Waals surface area contributed by atoms with Gasteiger partial charge in [0.15, 0.2) is 0 Å². The maximum absolute atomic E-state index is 11.8. The Morgan fingerprint density at radius 2 is 1.74 bits per heavy atom. The fraction of sp³-hybridized carbons (Fsp3) is 0.500. The average Bonchev–Trinajstić information content (AvgIpc) is 2.28. The predicted octanol–water partition coefficient (Wildman–Crippen LogP) is 2.42. The summed E-state index contributed by atoms with van der Waals surface area (Å²) in [6, 6.07) is 6.90. The molecule has 5 heteroatoms. The summed E-state index contributed by atoms with van der Waals surface area (Å²) >= 11 is 5.77. The summed E-state index contributed by atoms with van der Waals surface area (Å²) in [7, 11) is 0. The Balaban J connectivity index is 2.51. The van der Waals surface area contributed by atoms with Gasteiger partial charge in [-0.3, -0.25) is 4.79 Å². The minimum atomic E-state index is -0.923. The third-order valence-electron chi connectivity index (χ3n) is 3.35. The number of hydrogen-bond acceptors (Lipinski definition) is 3. The van der Waals surface area contributed by atoms with Crippen LogP contribution in [0.25, 0.3) is 0 Å². The zero-order valence-corrected chi connectivity index (χ0v) is 12.5.